The van der Waals surface area contributed by atoms with E-state index in [4.69, 9.17) is 5.73 Å². The minimum absolute atomic E-state index is 0.0978. The van der Waals surface area contributed by atoms with Crippen LogP contribution in [0.4, 0.5) is 0 Å². The summed E-state index contributed by atoms with van der Waals surface area (Å²) in [7, 11) is 1.89. The van der Waals surface area contributed by atoms with Crippen LogP contribution in [0.3, 0.4) is 0 Å². The number of carbonyl (C=O) groups excluding carboxylic acids is 1. The fourth-order valence-corrected chi connectivity index (χ4v) is 2.39. The molecule has 1 aliphatic carbocycles. The van der Waals surface area contributed by atoms with E-state index in [0.29, 0.717) is 5.92 Å². The number of nitrogens with zero attached hydrogens (tertiary/aromatic N) is 1. The lowest BCUT2D eigenvalue weighted by molar-refractivity contribution is -0.132. The molecule has 94 valence electrons. The third-order valence-corrected chi connectivity index (χ3v) is 3.64. The van der Waals surface area contributed by atoms with E-state index in [9.17, 15) is 4.79 Å². The van der Waals surface area contributed by atoms with Crippen LogP contribution in [0.2, 0.25) is 0 Å². The van der Waals surface area contributed by atoms with Crippen LogP contribution in [-0.4, -0.2) is 30.4 Å². The van der Waals surface area contributed by atoms with E-state index >= 15 is 0 Å². The molecule has 0 aliphatic heterocycles. The van der Waals surface area contributed by atoms with E-state index in [0.717, 1.165) is 6.54 Å². The first-order valence-corrected chi connectivity index (χ1v) is 6.53. The van der Waals surface area contributed by atoms with Crippen molar-refractivity contribution in [3.63, 3.8) is 0 Å². The summed E-state index contributed by atoms with van der Waals surface area (Å²) >= 11 is 0. The van der Waals surface area contributed by atoms with Crippen LogP contribution in [0.1, 0.15) is 46.0 Å². The van der Waals surface area contributed by atoms with Crippen molar-refractivity contribution in [2.45, 2.75) is 52.0 Å². The van der Waals surface area contributed by atoms with Gasteiger partial charge < -0.3 is 10.6 Å². The van der Waals surface area contributed by atoms with Gasteiger partial charge in [-0.1, -0.05) is 33.1 Å². The molecule has 1 aliphatic rings. The largest absolute Gasteiger partial charge is 0.344 e. The summed E-state index contributed by atoms with van der Waals surface area (Å²) in [5.41, 5.74) is 5.87. The smallest absolute Gasteiger partial charge is 0.239 e. The van der Waals surface area contributed by atoms with Crippen LogP contribution >= 0.6 is 0 Å². The quantitative estimate of drug-likeness (QED) is 0.797. The highest BCUT2D eigenvalue weighted by Gasteiger charge is 2.23. The Morgan fingerprint density at radius 3 is 2.38 bits per heavy atom. The van der Waals surface area contributed by atoms with Gasteiger partial charge in [0.05, 0.1) is 6.04 Å². The predicted molar refractivity (Wildman–Crippen MR) is 67.0 cm³/mol. The zero-order chi connectivity index (χ0) is 12.1. The highest BCUT2D eigenvalue weighted by Crippen LogP contribution is 2.24. The number of nitrogens with two attached hydrogens (primary N) is 1. The maximum atomic E-state index is 12.0. The van der Waals surface area contributed by atoms with E-state index in [-0.39, 0.29) is 17.9 Å². The molecule has 3 nitrogen and oxygen atoms in total. The van der Waals surface area contributed by atoms with Crippen LogP contribution in [0.25, 0.3) is 0 Å². The van der Waals surface area contributed by atoms with Gasteiger partial charge in [-0.05, 0) is 24.7 Å². The summed E-state index contributed by atoms with van der Waals surface area (Å²) in [6, 6.07) is -0.339. The van der Waals surface area contributed by atoms with Crippen LogP contribution in [0.15, 0.2) is 0 Å². The second-order valence-electron chi connectivity index (χ2n) is 5.49. The Balaban J connectivity index is 2.38. The van der Waals surface area contributed by atoms with Crippen LogP contribution in [0, 0.1) is 11.8 Å². The Labute approximate surface area is 99.4 Å². The maximum absolute atomic E-state index is 12.0. The van der Waals surface area contributed by atoms with Crippen molar-refractivity contribution in [1.82, 2.24) is 4.90 Å². The number of amides is 1. The monoisotopic (exact) mass is 226 g/mol. The Kier molecular flexibility index (Phi) is 5.26. The number of rotatable bonds is 4. The summed E-state index contributed by atoms with van der Waals surface area (Å²) < 4.78 is 0. The molecule has 0 saturated heterocycles. The van der Waals surface area contributed by atoms with Gasteiger partial charge >= 0.3 is 0 Å². The zero-order valence-corrected chi connectivity index (χ0v) is 10.9. The summed E-state index contributed by atoms with van der Waals surface area (Å²) in [4.78, 5) is 13.8. The van der Waals surface area contributed by atoms with Gasteiger partial charge in [-0.15, -0.1) is 0 Å². The van der Waals surface area contributed by atoms with Gasteiger partial charge in [-0.25, -0.2) is 0 Å². The number of likely N-dealkylation sites (N-methyl/N-ethyl adjacent to an activating group) is 1. The molecule has 1 fully saturated rings. The van der Waals surface area contributed by atoms with Crippen molar-refractivity contribution in [3.05, 3.63) is 0 Å². The molecule has 1 unspecified atom stereocenters. The van der Waals surface area contributed by atoms with Gasteiger partial charge in [0.25, 0.3) is 0 Å². The van der Waals surface area contributed by atoms with Gasteiger partial charge in [0.2, 0.25) is 5.91 Å². The van der Waals surface area contributed by atoms with Crippen molar-refractivity contribution in [2.75, 3.05) is 13.6 Å². The third kappa shape index (κ3) is 3.78. The van der Waals surface area contributed by atoms with E-state index < -0.39 is 0 Å². The van der Waals surface area contributed by atoms with E-state index in [1.807, 2.05) is 25.8 Å². The van der Waals surface area contributed by atoms with Gasteiger partial charge in [0.1, 0.15) is 0 Å². The van der Waals surface area contributed by atoms with E-state index in [1.54, 1.807) is 0 Å². The number of hydrogen-bond acceptors (Lipinski definition) is 2. The van der Waals surface area contributed by atoms with Gasteiger partial charge in [0.15, 0.2) is 0 Å². The molecule has 0 aromatic heterocycles. The average Bonchev–Trinajstić information content (AvgIpc) is 2.28. The van der Waals surface area contributed by atoms with Crippen LogP contribution < -0.4 is 5.73 Å². The summed E-state index contributed by atoms with van der Waals surface area (Å²) in [5, 5.41) is 0. The van der Waals surface area contributed by atoms with Crippen molar-refractivity contribution in [3.8, 4) is 0 Å². The van der Waals surface area contributed by atoms with E-state index in [1.165, 1.54) is 32.1 Å². The van der Waals surface area contributed by atoms with Crippen molar-refractivity contribution >= 4 is 5.91 Å². The molecule has 0 bridgehead atoms. The minimum Gasteiger partial charge on any atom is -0.344 e. The molecule has 0 aromatic carbocycles. The molecular formula is C13H26N2O. The molecule has 2 N–H and O–H groups in total. The van der Waals surface area contributed by atoms with Crippen LogP contribution in [0.5, 0.6) is 0 Å². The van der Waals surface area contributed by atoms with Crippen molar-refractivity contribution in [1.29, 1.82) is 0 Å². The van der Waals surface area contributed by atoms with Crippen LogP contribution in [-0.2, 0) is 4.79 Å². The molecule has 0 heterocycles. The molecular weight excluding hydrogens is 200 g/mol. The fraction of sp³-hybridized carbons (Fsp3) is 0.923. The molecule has 0 spiro atoms. The van der Waals surface area contributed by atoms with Crippen molar-refractivity contribution < 1.29 is 4.79 Å². The lowest BCUT2D eigenvalue weighted by Crippen LogP contribution is -2.46. The van der Waals surface area contributed by atoms with Gasteiger partial charge in [0, 0.05) is 13.6 Å². The lowest BCUT2D eigenvalue weighted by atomic mass is 9.89. The normalized spacial score (nSPS) is 19.8. The van der Waals surface area contributed by atoms with E-state index in [2.05, 4.69) is 0 Å². The summed E-state index contributed by atoms with van der Waals surface area (Å²) in [6.07, 6.45) is 6.55. The predicted octanol–water partition coefficient (Wildman–Crippen LogP) is 2.01. The Morgan fingerprint density at radius 2 is 1.88 bits per heavy atom. The molecule has 0 aromatic rings. The molecule has 16 heavy (non-hydrogen) atoms. The second kappa shape index (κ2) is 6.24. The molecule has 1 rings (SSSR count). The molecule has 1 saturated carbocycles. The third-order valence-electron chi connectivity index (χ3n) is 3.64. The Bertz CT molecular complexity index is 222. The number of hydrogen-bond donors (Lipinski definition) is 1. The first kappa shape index (κ1) is 13.5. The molecule has 0 radical (unpaired) electrons. The molecule has 1 atom stereocenters. The standard InChI is InChI=1S/C13H26N2O/c1-10(2)12(14)13(16)15(3)9-11-7-5-4-6-8-11/h10-12H,4-9,14H2,1-3H3. The number of carbonyl (C=O) groups is 1. The first-order valence-electron chi connectivity index (χ1n) is 6.53. The maximum Gasteiger partial charge on any atom is 0.239 e. The minimum atomic E-state index is -0.339. The molecule has 1 amide bonds. The Hall–Kier alpha value is -0.570. The molecule has 3 heteroatoms. The average molecular weight is 226 g/mol. The fourth-order valence-electron chi connectivity index (χ4n) is 2.39. The SMILES string of the molecule is CC(C)C(N)C(=O)N(C)CC1CCCCC1. The zero-order valence-electron chi connectivity index (χ0n) is 10.9. The van der Waals surface area contributed by atoms with Gasteiger partial charge in [-0.3, -0.25) is 4.79 Å². The second-order valence-corrected chi connectivity index (χ2v) is 5.49. The highest BCUT2D eigenvalue weighted by atomic mass is 16.2. The summed E-state index contributed by atoms with van der Waals surface area (Å²) in [5.74, 6) is 1.02. The van der Waals surface area contributed by atoms with Crippen molar-refractivity contribution in [2.24, 2.45) is 17.6 Å². The topological polar surface area (TPSA) is 46.3 Å². The Morgan fingerprint density at radius 1 is 1.31 bits per heavy atom. The highest BCUT2D eigenvalue weighted by molar-refractivity contribution is 5.81. The summed E-state index contributed by atoms with van der Waals surface area (Å²) in [6.45, 7) is 4.88. The lowest BCUT2D eigenvalue weighted by Gasteiger charge is -2.29. The first-order chi connectivity index (χ1) is 7.52. The van der Waals surface area contributed by atoms with Gasteiger partial charge in [-0.2, -0.15) is 0 Å².